The van der Waals surface area contributed by atoms with Gasteiger partial charge in [0, 0.05) is 12.0 Å². The minimum atomic E-state index is -0.379. The van der Waals surface area contributed by atoms with Crippen LogP contribution in [0.4, 0.5) is 10.1 Å². The summed E-state index contributed by atoms with van der Waals surface area (Å²) in [5, 5.41) is 7.24. The quantitative estimate of drug-likeness (QED) is 0.454. The molecule has 4 aromatic rings. The van der Waals surface area contributed by atoms with E-state index in [0.29, 0.717) is 40.0 Å². The molecule has 0 radical (unpaired) electrons. The molecule has 3 aromatic heterocycles. The van der Waals surface area contributed by atoms with Crippen LogP contribution in [0.2, 0.25) is 0 Å². The molecule has 0 aliphatic heterocycles. The van der Waals surface area contributed by atoms with Crippen molar-refractivity contribution in [2.45, 2.75) is 31.7 Å². The lowest BCUT2D eigenvalue weighted by molar-refractivity contribution is 0.0923. The Labute approximate surface area is 170 Å². The predicted molar refractivity (Wildman–Crippen MR) is 109 cm³/mol. The van der Waals surface area contributed by atoms with Gasteiger partial charge in [0.2, 0.25) is 0 Å². The van der Waals surface area contributed by atoms with Crippen LogP contribution < -0.4 is 11.1 Å². The molecule has 0 spiro atoms. The molecular formula is C21H18FN7O. The first-order valence-corrected chi connectivity index (χ1v) is 9.50. The van der Waals surface area contributed by atoms with Gasteiger partial charge in [0.1, 0.15) is 11.5 Å². The van der Waals surface area contributed by atoms with Crippen molar-refractivity contribution in [3.63, 3.8) is 0 Å². The molecule has 8 nitrogen and oxygen atoms in total. The van der Waals surface area contributed by atoms with Crippen molar-refractivity contribution in [2.24, 2.45) is 0 Å². The Morgan fingerprint density at radius 3 is 3.03 bits per heavy atom. The number of fused-ring (bicyclic) bond motifs is 2. The number of nitrogens with two attached hydrogens (primary N) is 1. The van der Waals surface area contributed by atoms with E-state index in [1.807, 2.05) is 0 Å². The Bertz CT molecular complexity index is 1370. The second-order valence-electron chi connectivity index (χ2n) is 7.53. The first-order valence-electron chi connectivity index (χ1n) is 9.50. The number of hydrogen-bond acceptors (Lipinski definition) is 5. The maximum atomic E-state index is 13.7. The maximum Gasteiger partial charge on any atom is 0.287 e. The minimum Gasteiger partial charge on any atom is -0.396 e. The summed E-state index contributed by atoms with van der Waals surface area (Å²) in [6.45, 7) is 1.64. The maximum absolute atomic E-state index is 13.7. The van der Waals surface area contributed by atoms with Crippen LogP contribution >= 0.6 is 0 Å². The van der Waals surface area contributed by atoms with E-state index in [1.54, 1.807) is 36.0 Å². The lowest BCUT2D eigenvalue weighted by atomic mass is 10.2. The predicted octanol–water partition coefficient (Wildman–Crippen LogP) is 2.34. The van der Waals surface area contributed by atoms with E-state index in [4.69, 9.17) is 5.73 Å². The number of halogens is 1. The zero-order valence-electron chi connectivity index (χ0n) is 16.2. The van der Waals surface area contributed by atoms with E-state index in [9.17, 15) is 9.18 Å². The van der Waals surface area contributed by atoms with Gasteiger partial charge in [0.15, 0.2) is 11.5 Å². The van der Waals surface area contributed by atoms with Crippen LogP contribution in [0.3, 0.4) is 0 Å². The molecule has 1 aliphatic carbocycles. The van der Waals surface area contributed by atoms with Gasteiger partial charge in [-0.2, -0.15) is 5.10 Å². The molecule has 3 heterocycles. The fraction of sp³-hybridized carbons (Fsp3) is 0.238. The number of aromatic nitrogens is 5. The van der Waals surface area contributed by atoms with E-state index in [-0.39, 0.29) is 23.1 Å². The number of amides is 1. The average molecular weight is 403 g/mol. The third-order valence-electron chi connectivity index (χ3n) is 5.36. The summed E-state index contributed by atoms with van der Waals surface area (Å²) in [6.07, 6.45) is 5.37. The van der Waals surface area contributed by atoms with Crippen LogP contribution in [0.25, 0.3) is 16.7 Å². The van der Waals surface area contributed by atoms with Crippen LogP contribution in [-0.4, -0.2) is 36.0 Å². The molecule has 0 unspecified atom stereocenters. The molecule has 9 heteroatoms. The fourth-order valence-electron chi connectivity index (χ4n) is 3.40. The van der Waals surface area contributed by atoms with Crippen LogP contribution in [0.15, 0.2) is 30.6 Å². The van der Waals surface area contributed by atoms with Crippen molar-refractivity contribution in [3.8, 4) is 11.8 Å². The highest BCUT2D eigenvalue weighted by molar-refractivity contribution is 5.95. The van der Waals surface area contributed by atoms with Crippen LogP contribution in [0, 0.1) is 24.6 Å². The van der Waals surface area contributed by atoms with Crippen molar-refractivity contribution in [2.75, 3.05) is 5.73 Å². The van der Waals surface area contributed by atoms with Crippen LogP contribution in [0.1, 0.15) is 41.1 Å². The third kappa shape index (κ3) is 3.03. The molecule has 0 atom stereocenters. The Kier molecular flexibility index (Phi) is 3.96. The van der Waals surface area contributed by atoms with Gasteiger partial charge in [-0.25, -0.2) is 18.9 Å². The highest BCUT2D eigenvalue weighted by Gasteiger charge is 2.43. The number of benzene rings is 1. The molecule has 150 valence electrons. The largest absolute Gasteiger partial charge is 0.396 e. The van der Waals surface area contributed by atoms with E-state index in [2.05, 4.69) is 37.2 Å². The monoisotopic (exact) mass is 403 g/mol. The number of anilines is 1. The standard InChI is InChI=1S/C21H18FN7O/c1-12-14(22)4-5-16-17(12)27-18(26-16)20(30)28-21(8-9-21)7-2-3-13-11-24-19-15(23)6-10-25-29(13)19/h4-6,10-11H,7-9,23H2,1H3,(H,26,27)(H,28,30). The van der Waals surface area contributed by atoms with Crippen molar-refractivity contribution < 1.29 is 9.18 Å². The zero-order chi connectivity index (χ0) is 20.9. The number of rotatable bonds is 3. The molecule has 0 saturated heterocycles. The van der Waals surface area contributed by atoms with E-state index >= 15 is 0 Å². The highest BCUT2D eigenvalue weighted by Crippen LogP contribution is 2.38. The first-order chi connectivity index (χ1) is 14.5. The van der Waals surface area contributed by atoms with Gasteiger partial charge in [-0.15, -0.1) is 0 Å². The number of carbonyl (C=O) groups is 1. The third-order valence-corrected chi connectivity index (χ3v) is 5.36. The summed E-state index contributed by atoms with van der Waals surface area (Å²) in [7, 11) is 0. The summed E-state index contributed by atoms with van der Waals surface area (Å²) in [5.41, 5.74) is 8.74. The van der Waals surface area contributed by atoms with Crippen molar-refractivity contribution in [1.29, 1.82) is 0 Å². The second-order valence-corrected chi connectivity index (χ2v) is 7.53. The number of imidazole rings is 2. The number of nitrogens with one attached hydrogen (secondary N) is 2. The SMILES string of the molecule is Cc1c(F)ccc2[nH]c(C(=O)NC3(CC#Cc4cnc5c(N)ccnn45)CC3)nc12. The highest BCUT2D eigenvalue weighted by atomic mass is 19.1. The van der Waals surface area contributed by atoms with Crippen molar-refractivity contribution >= 4 is 28.3 Å². The minimum absolute atomic E-state index is 0.166. The van der Waals surface area contributed by atoms with Crippen molar-refractivity contribution in [1.82, 2.24) is 29.9 Å². The van der Waals surface area contributed by atoms with Gasteiger partial charge >= 0.3 is 0 Å². The number of aromatic amines is 1. The molecule has 1 saturated carbocycles. The van der Waals surface area contributed by atoms with E-state index < -0.39 is 0 Å². The Morgan fingerprint density at radius 1 is 1.40 bits per heavy atom. The van der Waals surface area contributed by atoms with Gasteiger partial charge in [-0.1, -0.05) is 5.92 Å². The molecular weight excluding hydrogens is 385 g/mol. The lowest BCUT2D eigenvalue weighted by Gasteiger charge is -2.12. The molecule has 5 rings (SSSR count). The van der Waals surface area contributed by atoms with Gasteiger partial charge < -0.3 is 16.0 Å². The van der Waals surface area contributed by atoms with Gasteiger partial charge in [0.05, 0.1) is 34.7 Å². The van der Waals surface area contributed by atoms with Crippen LogP contribution in [-0.2, 0) is 0 Å². The van der Waals surface area contributed by atoms with Gasteiger partial charge in [-0.3, -0.25) is 4.79 Å². The summed E-state index contributed by atoms with van der Waals surface area (Å²) < 4.78 is 15.3. The van der Waals surface area contributed by atoms with E-state index in [0.717, 1.165) is 12.8 Å². The number of aryl methyl sites for hydroxylation is 1. The van der Waals surface area contributed by atoms with Crippen LogP contribution in [0.5, 0.6) is 0 Å². The summed E-state index contributed by atoms with van der Waals surface area (Å²) in [5.74, 6) is 5.66. The van der Waals surface area contributed by atoms with Gasteiger partial charge in [-0.05, 0) is 43.9 Å². The molecule has 1 fully saturated rings. The number of hydrogen-bond donors (Lipinski definition) is 3. The summed E-state index contributed by atoms with van der Waals surface area (Å²) >= 11 is 0. The lowest BCUT2D eigenvalue weighted by Crippen LogP contribution is -2.37. The second kappa shape index (κ2) is 6.56. The zero-order valence-corrected chi connectivity index (χ0v) is 16.2. The van der Waals surface area contributed by atoms with Crippen molar-refractivity contribution in [3.05, 3.63) is 53.5 Å². The molecule has 30 heavy (non-hydrogen) atoms. The summed E-state index contributed by atoms with van der Waals surface area (Å²) in [6, 6.07) is 4.62. The topological polar surface area (TPSA) is 114 Å². The Hall–Kier alpha value is -3.93. The van der Waals surface area contributed by atoms with Gasteiger partial charge in [0.25, 0.3) is 5.91 Å². The number of H-pyrrole nitrogens is 1. The normalized spacial score (nSPS) is 14.5. The Morgan fingerprint density at radius 2 is 2.23 bits per heavy atom. The Balaban J connectivity index is 1.32. The smallest absolute Gasteiger partial charge is 0.287 e. The molecule has 1 aliphatic rings. The fourth-order valence-corrected chi connectivity index (χ4v) is 3.40. The van der Waals surface area contributed by atoms with E-state index in [1.165, 1.54) is 6.07 Å². The number of nitrogens with zero attached hydrogens (tertiary/aromatic N) is 4. The molecule has 1 amide bonds. The number of carbonyl (C=O) groups excluding carboxylic acids is 1. The average Bonchev–Trinajstić information content (AvgIpc) is 3.14. The first kappa shape index (κ1) is 18.1. The molecule has 4 N–H and O–H groups in total. The molecule has 0 bridgehead atoms. The number of nitrogen functional groups attached to an aromatic ring is 1. The molecule has 1 aromatic carbocycles. The summed E-state index contributed by atoms with van der Waals surface area (Å²) in [4.78, 5) is 24.2.